The number of aliphatic imine (C=N–C) groups is 1. The van der Waals surface area contributed by atoms with Crippen LogP contribution in [0.2, 0.25) is 0 Å². The second-order valence-electron chi connectivity index (χ2n) is 3.05. The first-order valence-electron chi connectivity index (χ1n) is 4.62. The Morgan fingerprint density at radius 3 is 2.12 bits per heavy atom. The van der Waals surface area contributed by atoms with Crippen LogP contribution in [-0.2, 0) is 14.4 Å². The minimum Gasteiger partial charge on any atom is -0.372 e. The van der Waals surface area contributed by atoms with Crippen LogP contribution in [0, 0.1) is 0 Å². The number of nitrogens with zero attached hydrogens (tertiary/aromatic N) is 1. The Kier molecular flexibility index (Phi) is 5.22. The molecule has 16 heavy (non-hydrogen) atoms. The lowest BCUT2D eigenvalue weighted by atomic mass is 9.84. The Balaban J connectivity index is 5.61. The summed E-state index contributed by atoms with van der Waals surface area (Å²) in [5.41, 5.74) is -2.41. The highest BCUT2D eigenvalue weighted by Crippen LogP contribution is 2.21. The van der Waals surface area contributed by atoms with Gasteiger partial charge in [-0.1, -0.05) is 20.1 Å². The molecule has 0 bridgehead atoms. The number of ketones is 2. The third-order valence-electron chi connectivity index (χ3n) is 2.20. The Labute approximate surface area is 93.2 Å². The molecule has 86 valence electrons. The van der Waals surface area contributed by atoms with Gasteiger partial charge < -0.3 is 5.11 Å². The summed E-state index contributed by atoms with van der Waals surface area (Å²) in [6, 6.07) is -1.18. The fraction of sp³-hybridized carbons (Fsp3) is 0.364. The topological polar surface area (TPSA) is 83.8 Å². The molecule has 5 heteroatoms. The maximum absolute atomic E-state index is 11.5. The smallest absolute Gasteiger partial charge is 0.235 e. The fourth-order valence-corrected chi connectivity index (χ4v) is 1.30. The number of carbonyl (C=O) groups is 2. The maximum atomic E-state index is 11.5. The summed E-state index contributed by atoms with van der Waals surface area (Å²) >= 11 is 0. The van der Waals surface area contributed by atoms with E-state index in [9.17, 15) is 19.5 Å². The molecular formula is C11H13NO4. The molecule has 0 saturated heterocycles. The van der Waals surface area contributed by atoms with E-state index in [0.717, 1.165) is 12.2 Å². The van der Waals surface area contributed by atoms with Gasteiger partial charge in [0.15, 0.2) is 11.6 Å². The molecule has 5 nitrogen and oxygen atoms in total. The molecule has 1 unspecified atom stereocenters. The Morgan fingerprint density at radius 1 is 1.44 bits per heavy atom. The molecule has 0 aromatic heterocycles. The largest absolute Gasteiger partial charge is 0.372 e. The number of hydrogen-bond donors (Lipinski definition) is 1. The van der Waals surface area contributed by atoms with Crippen molar-refractivity contribution < 1.29 is 19.5 Å². The average molecular weight is 223 g/mol. The van der Waals surface area contributed by atoms with Crippen LogP contribution in [0.5, 0.6) is 0 Å². The summed E-state index contributed by atoms with van der Waals surface area (Å²) in [6.45, 7) is 7.94. The van der Waals surface area contributed by atoms with E-state index in [1.807, 2.05) is 0 Å². The Hall–Kier alpha value is -1.84. The summed E-state index contributed by atoms with van der Waals surface area (Å²) in [4.78, 5) is 36.4. The van der Waals surface area contributed by atoms with Crippen molar-refractivity contribution in [2.24, 2.45) is 4.99 Å². The zero-order valence-electron chi connectivity index (χ0n) is 8.97. The highest BCUT2D eigenvalue weighted by molar-refractivity contribution is 6.18. The lowest BCUT2D eigenvalue weighted by molar-refractivity contribution is -0.146. The second kappa shape index (κ2) is 5.90. The standard InChI is InChI=1S/C11H13NO4/c1-4-8(12-7-13)11(16,9(14)5-2)10(15)6-3/h5-6,8,16H,2-4H2,1H3. The monoisotopic (exact) mass is 223 g/mol. The third-order valence-corrected chi connectivity index (χ3v) is 2.20. The lowest BCUT2D eigenvalue weighted by Gasteiger charge is -2.27. The summed E-state index contributed by atoms with van der Waals surface area (Å²) in [5.74, 6) is -1.83. The molecule has 0 aliphatic rings. The van der Waals surface area contributed by atoms with Crippen molar-refractivity contribution in [3.05, 3.63) is 25.3 Å². The van der Waals surface area contributed by atoms with Crippen molar-refractivity contribution in [3.63, 3.8) is 0 Å². The zero-order chi connectivity index (χ0) is 12.8. The van der Waals surface area contributed by atoms with Gasteiger partial charge in [-0.2, -0.15) is 4.99 Å². The van der Waals surface area contributed by atoms with Crippen molar-refractivity contribution in [3.8, 4) is 0 Å². The van der Waals surface area contributed by atoms with Gasteiger partial charge in [0.1, 0.15) is 6.04 Å². The fourth-order valence-electron chi connectivity index (χ4n) is 1.30. The van der Waals surface area contributed by atoms with Crippen LogP contribution < -0.4 is 0 Å². The predicted octanol–water partition coefficient (Wildman–Crippen LogP) is 0.342. The molecule has 0 radical (unpaired) electrons. The first-order valence-corrected chi connectivity index (χ1v) is 4.62. The van der Waals surface area contributed by atoms with E-state index in [-0.39, 0.29) is 6.42 Å². The molecule has 0 fully saturated rings. The summed E-state index contributed by atoms with van der Waals surface area (Å²) in [6.07, 6.45) is 2.97. The number of isocyanates is 1. The van der Waals surface area contributed by atoms with Gasteiger partial charge in [0, 0.05) is 0 Å². The third kappa shape index (κ3) is 2.39. The van der Waals surface area contributed by atoms with Crippen molar-refractivity contribution in [1.82, 2.24) is 0 Å². The van der Waals surface area contributed by atoms with Gasteiger partial charge in [0.05, 0.1) is 0 Å². The van der Waals surface area contributed by atoms with E-state index >= 15 is 0 Å². The van der Waals surface area contributed by atoms with E-state index in [0.29, 0.717) is 0 Å². The van der Waals surface area contributed by atoms with Crippen molar-refractivity contribution in [1.29, 1.82) is 0 Å². The number of hydrogen-bond acceptors (Lipinski definition) is 5. The zero-order valence-corrected chi connectivity index (χ0v) is 8.97. The SMILES string of the molecule is C=CC(=O)C(O)(C(=O)C=C)C(CC)N=C=O. The van der Waals surface area contributed by atoms with Gasteiger partial charge in [0.2, 0.25) is 11.7 Å². The van der Waals surface area contributed by atoms with Crippen LogP contribution in [-0.4, -0.2) is 34.4 Å². The minimum atomic E-state index is -2.41. The van der Waals surface area contributed by atoms with Gasteiger partial charge in [-0.3, -0.25) is 9.59 Å². The molecule has 1 atom stereocenters. The van der Waals surface area contributed by atoms with Crippen LogP contribution >= 0.6 is 0 Å². The predicted molar refractivity (Wildman–Crippen MR) is 57.6 cm³/mol. The molecule has 0 amide bonds. The molecule has 0 aromatic carbocycles. The number of rotatable bonds is 7. The van der Waals surface area contributed by atoms with Crippen LogP contribution in [0.1, 0.15) is 13.3 Å². The molecule has 0 saturated carbocycles. The number of carbonyl (C=O) groups excluding carboxylic acids is 3. The molecule has 1 N–H and O–H groups in total. The second-order valence-corrected chi connectivity index (χ2v) is 3.05. The van der Waals surface area contributed by atoms with Crippen LogP contribution in [0.4, 0.5) is 0 Å². The minimum absolute atomic E-state index is 0.130. The highest BCUT2D eigenvalue weighted by atomic mass is 16.3. The van der Waals surface area contributed by atoms with Gasteiger partial charge in [0.25, 0.3) is 0 Å². The Morgan fingerprint density at radius 2 is 1.88 bits per heavy atom. The van der Waals surface area contributed by atoms with Crippen molar-refractivity contribution >= 4 is 17.6 Å². The van der Waals surface area contributed by atoms with Gasteiger partial charge >= 0.3 is 0 Å². The van der Waals surface area contributed by atoms with E-state index in [4.69, 9.17) is 0 Å². The maximum Gasteiger partial charge on any atom is 0.235 e. The summed E-state index contributed by atoms with van der Waals surface area (Å²) in [7, 11) is 0. The first kappa shape index (κ1) is 14.2. The van der Waals surface area contributed by atoms with Gasteiger partial charge in [-0.15, -0.1) is 0 Å². The Bertz CT molecular complexity index is 346. The molecule has 0 spiro atoms. The van der Waals surface area contributed by atoms with Crippen LogP contribution in [0.25, 0.3) is 0 Å². The van der Waals surface area contributed by atoms with Crippen molar-refractivity contribution in [2.75, 3.05) is 0 Å². The highest BCUT2D eigenvalue weighted by Gasteiger charge is 2.47. The normalized spacial score (nSPS) is 12.1. The van der Waals surface area contributed by atoms with E-state index in [1.165, 1.54) is 6.08 Å². The summed E-state index contributed by atoms with van der Waals surface area (Å²) in [5, 5.41) is 10.0. The molecule has 0 aromatic rings. The molecular weight excluding hydrogens is 210 g/mol. The lowest BCUT2D eigenvalue weighted by Crippen LogP contribution is -2.53. The van der Waals surface area contributed by atoms with Gasteiger partial charge in [-0.25, -0.2) is 4.79 Å². The number of aliphatic hydroxyl groups is 1. The van der Waals surface area contributed by atoms with Crippen molar-refractivity contribution in [2.45, 2.75) is 25.0 Å². The van der Waals surface area contributed by atoms with Gasteiger partial charge in [-0.05, 0) is 18.6 Å². The van der Waals surface area contributed by atoms with Crippen LogP contribution in [0.15, 0.2) is 30.3 Å². The molecule has 0 aliphatic carbocycles. The quantitative estimate of drug-likeness (QED) is 0.292. The molecule has 0 aliphatic heterocycles. The first-order chi connectivity index (χ1) is 7.48. The molecule has 0 heterocycles. The average Bonchev–Trinajstić information content (AvgIpc) is 2.32. The van der Waals surface area contributed by atoms with E-state index in [2.05, 4.69) is 18.2 Å². The summed E-state index contributed by atoms with van der Waals surface area (Å²) < 4.78 is 0. The van der Waals surface area contributed by atoms with E-state index in [1.54, 1.807) is 6.92 Å². The van der Waals surface area contributed by atoms with E-state index < -0.39 is 23.2 Å². The van der Waals surface area contributed by atoms with Crippen LogP contribution in [0.3, 0.4) is 0 Å². The molecule has 0 rings (SSSR count).